The molecular weight excluding hydrogens is 457 g/mol. The Balaban J connectivity index is 3.24. The van der Waals surface area contributed by atoms with Crippen LogP contribution >= 0.6 is 0 Å². The predicted molar refractivity (Wildman–Crippen MR) is 96.7 cm³/mol. The Morgan fingerprint density at radius 2 is 1.40 bits per heavy atom. The predicted octanol–water partition coefficient (Wildman–Crippen LogP) is -1.22. The molecule has 1 aliphatic heterocycles. The van der Waals surface area contributed by atoms with Crippen molar-refractivity contribution in [3.63, 3.8) is 0 Å². The number of rotatable bonds is 7. The van der Waals surface area contributed by atoms with E-state index in [1.807, 2.05) is 0 Å². The van der Waals surface area contributed by atoms with Crippen LogP contribution in [0.3, 0.4) is 0 Å². The highest BCUT2D eigenvalue weighted by molar-refractivity contribution is 6.90. The fourth-order valence-electron chi connectivity index (χ4n) is 2.22. The van der Waals surface area contributed by atoms with Gasteiger partial charge < -0.3 is 47.6 Å². The van der Waals surface area contributed by atoms with Crippen molar-refractivity contribution in [3.8, 4) is 0 Å². The maximum atomic E-state index is 10.6. The van der Waals surface area contributed by atoms with Crippen molar-refractivity contribution in [2.75, 3.05) is 7.11 Å². The second-order valence-electron chi connectivity index (χ2n) is 5.60. The maximum absolute atomic E-state index is 10.6. The van der Waals surface area contributed by atoms with Crippen LogP contribution in [-0.2, 0) is 33.2 Å². The molecule has 146 valence electrons. The van der Waals surface area contributed by atoms with Gasteiger partial charge in [-0.3, -0.25) is 0 Å². The zero-order valence-corrected chi connectivity index (χ0v) is 22.1. The molecule has 0 spiro atoms. The van der Waals surface area contributed by atoms with Gasteiger partial charge in [-0.1, -0.05) is 0 Å². The lowest BCUT2D eigenvalue weighted by atomic mass is 11.8. The molecule has 1 heterocycles. The van der Waals surface area contributed by atoms with Gasteiger partial charge in [0.1, 0.15) is 0 Å². The lowest BCUT2D eigenvalue weighted by Gasteiger charge is -2.46. The van der Waals surface area contributed by atoms with Crippen molar-refractivity contribution >= 4 is 63.8 Å². The van der Waals surface area contributed by atoms with Gasteiger partial charge in [-0.05, 0) is 6.55 Å². The SMILES string of the molecule is CO[Si](C)(O)O[Si]1(C)O[Si](C)(O)O[Si](C)(O[Si]O)O[Si](C)(O[Si]C)O1. The summed E-state index contributed by atoms with van der Waals surface area (Å²) in [7, 11) is -17.6. The molecule has 0 aromatic heterocycles. The molecule has 0 aliphatic carbocycles. The smallest absolute Gasteiger partial charge is 0.416 e. The first kappa shape index (κ1) is 24.1. The van der Waals surface area contributed by atoms with E-state index in [0.29, 0.717) is 0 Å². The van der Waals surface area contributed by atoms with Gasteiger partial charge in [-0.2, -0.15) is 0 Å². The fourth-order valence-corrected chi connectivity index (χ4v) is 23.8. The molecule has 0 aromatic rings. The number of hydrogen-bond acceptors (Lipinski definition) is 11. The van der Waals surface area contributed by atoms with E-state index in [2.05, 4.69) is 0 Å². The molecule has 18 heteroatoms. The van der Waals surface area contributed by atoms with Crippen molar-refractivity contribution in [2.45, 2.75) is 39.3 Å². The molecule has 5 unspecified atom stereocenters. The molecule has 25 heavy (non-hydrogen) atoms. The number of hydrogen-bond donors (Lipinski definition) is 3. The Bertz CT molecular complexity index is 456. The Kier molecular flexibility index (Phi) is 8.31. The minimum absolute atomic E-state index is 0.0230. The molecule has 3 N–H and O–H groups in total. The Hall–Kier alpha value is 1.08. The molecule has 0 amide bonds. The standard InChI is InChI=1S/C7H24O11Si7/c1-11-21(3,9)14-25(7)16-22(4,10)15-24(6,13-20-8)17-23(5,18-25)12-19-2/h8-10H,1-7H3. The molecule has 0 bridgehead atoms. The zero-order valence-electron chi connectivity index (χ0n) is 15.1. The van der Waals surface area contributed by atoms with Crippen LogP contribution in [0.2, 0.25) is 39.3 Å². The quantitative estimate of drug-likeness (QED) is 0.379. The van der Waals surface area contributed by atoms with Crippen LogP contribution in [0.1, 0.15) is 0 Å². The highest BCUT2D eigenvalue weighted by Gasteiger charge is 2.63. The average Bonchev–Trinajstić information content (AvgIpc) is 2.33. The summed E-state index contributed by atoms with van der Waals surface area (Å²) >= 11 is 0. The maximum Gasteiger partial charge on any atom is 0.487 e. The summed E-state index contributed by atoms with van der Waals surface area (Å²) in [6.45, 7) is 9.12. The first-order valence-corrected chi connectivity index (χ1v) is 20.6. The van der Waals surface area contributed by atoms with Crippen molar-refractivity contribution in [1.29, 1.82) is 0 Å². The molecular formula is C7H24O11Si7. The fraction of sp³-hybridized carbons (Fsp3) is 1.00. The topological polar surface area (TPSA) is 135 Å². The van der Waals surface area contributed by atoms with Gasteiger partial charge >= 0.3 is 54.0 Å². The summed E-state index contributed by atoms with van der Waals surface area (Å²) in [6.07, 6.45) is 0. The first-order chi connectivity index (χ1) is 11.2. The van der Waals surface area contributed by atoms with Crippen molar-refractivity contribution in [3.05, 3.63) is 0 Å². The lowest BCUT2D eigenvalue weighted by Crippen LogP contribution is -2.71. The molecule has 0 aromatic carbocycles. The second kappa shape index (κ2) is 8.62. The van der Waals surface area contributed by atoms with Gasteiger partial charge in [0, 0.05) is 39.8 Å². The summed E-state index contributed by atoms with van der Waals surface area (Å²) in [5.74, 6) is 0. The molecule has 1 aliphatic rings. The normalized spacial score (nSPS) is 42.5. The van der Waals surface area contributed by atoms with E-state index < -0.39 is 54.0 Å². The van der Waals surface area contributed by atoms with Crippen LogP contribution in [-0.4, -0.2) is 85.3 Å². The van der Waals surface area contributed by atoms with Gasteiger partial charge in [0.25, 0.3) is 0 Å². The summed E-state index contributed by atoms with van der Waals surface area (Å²) in [4.78, 5) is 29.9. The molecule has 0 saturated carbocycles. The van der Waals surface area contributed by atoms with Gasteiger partial charge in [-0.25, -0.2) is 0 Å². The monoisotopic (exact) mass is 480 g/mol. The Labute approximate surface area is 157 Å². The molecule has 1 rings (SSSR count). The third-order valence-corrected chi connectivity index (χ3v) is 22.6. The third-order valence-electron chi connectivity index (χ3n) is 2.76. The van der Waals surface area contributed by atoms with Crippen LogP contribution in [0.15, 0.2) is 0 Å². The molecule has 11 nitrogen and oxygen atoms in total. The van der Waals surface area contributed by atoms with Crippen molar-refractivity contribution in [1.82, 2.24) is 0 Å². The van der Waals surface area contributed by atoms with Crippen molar-refractivity contribution < 1.29 is 47.6 Å². The van der Waals surface area contributed by atoms with E-state index in [0.717, 1.165) is 0 Å². The second-order valence-corrected chi connectivity index (χ2v) is 21.1. The first-order valence-electron chi connectivity index (χ1n) is 7.14. The highest BCUT2D eigenvalue weighted by Crippen LogP contribution is 2.32. The van der Waals surface area contributed by atoms with Gasteiger partial charge in [0.15, 0.2) is 0 Å². The summed E-state index contributed by atoms with van der Waals surface area (Å²) in [5.41, 5.74) is 0. The minimum Gasteiger partial charge on any atom is -0.416 e. The summed E-state index contributed by atoms with van der Waals surface area (Å²) < 4.78 is 44.7. The molecule has 1 fully saturated rings. The van der Waals surface area contributed by atoms with Crippen LogP contribution in [0, 0.1) is 0 Å². The van der Waals surface area contributed by atoms with E-state index >= 15 is 0 Å². The van der Waals surface area contributed by atoms with Crippen LogP contribution in [0.5, 0.6) is 0 Å². The molecule has 5 atom stereocenters. The largest absolute Gasteiger partial charge is 0.487 e. The minimum atomic E-state index is -3.84. The van der Waals surface area contributed by atoms with Gasteiger partial charge in [0.2, 0.25) is 9.76 Å². The summed E-state index contributed by atoms with van der Waals surface area (Å²) in [6, 6.07) is 0. The van der Waals surface area contributed by atoms with E-state index in [1.54, 1.807) is 13.1 Å². The van der Waals surface area contributed by atoms with E-state index in [-0.39, 0.29) is 9.76 Å². The average molecular weight is 481 g/mol. The molecule has 1 saturated heterocycles. The zero-order chi connectivity index (χ0) is 19.6. The summed E-state index contributed by atoms with van der Waals surface area (Å²) in [5, 5.41) is 0. The van der Waals surface area contributed by atoms with E-state index in [1.165, 1.54) is 33.3 Å². The van der Waals surface area contributed by atoms with Gasteiger partial charge in [-0.15, -0.1) is 0 Å². The third kappa shape index (κ3) is 7.54. The Morgan fingerprint density at radius 1 is 0.920 bits per heavy atom. The van der Waals surface area contributed by atoms with Crippen LogP contribution in [0.4, 0.5) is 0 Å². The van der Waals surface area contributed by atoms with E-state index in [9.17, 15) is 9.59 Å². The lowest BCUT2D eigenvalue weighted by molar-refractivity contribution is 0.0728. The van der Waals surface area contributed by atoms with Crippen molar-refractivity contribution in [2.24, 2.45) is 0 Å². The highest BCUT2D eigenvalue weighted by atomic mass is 28.6. The van der Waals surface area contributed by atoms with E-state index in [4.69, 9.17) is 38.0 Å². The Morgan fingerprint density at radius 3 is 1.88 bits per heavy atom. The van der Waals surface area contributed by atoms with Crippen LogP contribution in [0.25, 0.3) is 0 Å². The van der Waals surface area contributed by atoms with Crippen LogP contribution < -0.4 is 0 Å². The van der Waals surface area contributed by atoms with Gasteiger partial charge in [0.05, 0.1) is 0 Å². The molecule has 4 radical (unpaired) electrons.